The predicted molar refractivity (Wildman–Crippen MR) is 84.0 cm³/mol. The van der Waals surface area contributed by atoms with Crippen LogP contribution in [0.5, 0.6) is 0 Å². The van der Waals surface area contributed by atoms with Crippen LogP contribution in [-0.2, 0) is 17.8 Å². The number of benzene rings is 1. The van der Waals surface area contributed by atoms with Crippen LogP contribution in [0.25, 0.3) is 0 Å². The summed E-state index contributed by atoms with van der Waals surface area (Å²) < 4.78 is 0. The van der Waals surface area contributed by atoms with Crippen LogP contribution in [0.3, 0.4) is 0 Å². The first-order chi connectivity index (χ1) is 10.6. The fraction of sp³-hybridized carbons (Fsp3) is 0.200. The fourth-order valence-electron chi connectivity index (χ4n) is 1.98. The number of hydrogen-bond donors (Lipinski definition) is 4. The number of nitrogens with one attached hydrogen (secondary N) is 1. The molecular weight excluding hydrogens is 281 g/mol. The molecule has 7 heteroatoms. The standard InChI is InChI=1S/C15H18BN3O3/c17-14(9-11-4-6-12(7-5-11)16(21)22)15(20)19-10-13-3-1-2-8-18-13/h1-8,14,21-22H,9-10,17H2,(H,19,20)/t14-/m0/s1. The summed E-state index contributed by atoms with van der Waals surface area (Å²) in [5, 5.41) is 20.8. The highest BCUT2D eigenvalue weighted by atomic mass is 16.4. The van der Waals surface area contributed by atoms with Gasteiger partial charge in [-0.2, -0.15) is 0 Å². The number of rotatable bonds is 6. The van der Waals surface area contributed by atoms with E-state index in [1.165, 1.54) is 0 Å². The van der Waals surface area contributed by atoms with Gasteiger partial charge >= 0.3 is 7.12 Å². The molecule has 22 heavy (non-hydrogen) atoms. The van der Waals surface area contributed by atoms with E-state index in [-0.39, 0.29) is 5.91 Å². The maximum absolute atomic E-state index is 12.0. The molecule has 5 N–H and O–H groups in total. The molecule has 0 radical (unpaired) electrons. The predicted octanol–water partition coefficient (Wildman–Crippen LogP) is -1.05. The lowest BCUT2D eigenvalue weighted by Crippen LogP contribution is -2.41. The largest absolute Gasteiger partial charge is 0.488 e. The number of carbonyl (C=O) groups is 1. The molecule has 1 heterocycles. The van der Waals surface area contributed by atoms with Gasteiger partial charge in [0.25, 0.3) is 0 Å². The Morgan fingerprint density at radius 2 is 1.95 bits per heavy atom. The van der Waals surface area contributed by atoms with E-state index in [0.29, 0.717) is 18.4 Å². The molecule has 1 amide bonds. The van der Waals surface area contributed by atoms with Crippen LogP contribution in [0.2, 0.25) is 0 Å². The first-order valence-corrected chi connectivity index (χ1v) is 6.94. The van der Waals surface area contributed by atoms with Crippen LogP contribution in [0.4, 0.5) is 0 Å². The van der Waals surface area contributed by atoms with Crippen molar-refractivity contribution in [3.63, 3.8) is 0 Å². The second-order valence-corrected chi connectivity index (χ2v) is 4.96. The molecule has 0 spiro atoms. The van der Waals surface area contributed by atoms with Gasteiger partial charge in [-0.1, -0.05) is 30.3 Å². The zero-order chi connectivity index (χ0) is 15.9. The third kappa shape index (κ3) is 4.66. The van der Waals surface area contributed by atoms with Crippen molar-refractivity contribution in [1.29, 1.82) is 0 Å². The van der Waals surface area contributed by atoms with Crippen molar-refractivity contribution in [2.75, 3.05) is 0 Å². The highest BCUT2D eigenvalue weighted by Gasteiger charge is 2.15. The van der Waals surface area contributed by atoms with Gasteiger partial charge in [-0.05, 0) is 29.6 Å². The molecule has 0 unspecified atom stereocenters. The minimum atomic E-state index is -1.50. The van der Waals surface area contributed by atoms with Crippen LogP contribution in [0, 0.1) is 0 Å². The summed E-state index contributed by atoms with van der Waals surface area (Å²) in [5.41, 5.74) is 7.90. The van der Waals surface area contributed by atoms with E-state index in [9.17, 15) is 4.79 Å². The number of nitrogens with zero attached hydrogens (tertiary/aromatic N) is 1. The third-order valence-corrected chi connectivity index (χ3v) is 3.24. The Morgan fingerprint density at radius 1 is 1.23 bits per heavy atom. The molecule has 0 aliphatic rings. The Balaban J connectivity index is 1.85. The van der Waals surface area contributed by atoms with E-state index < -0.39 is 13.2 Å². The van der Waals surface area contributed by atoms with Crippen molar-refractivity contribution in [3.05, 3.63) is 59.9 Å². The van der Waals surface area contributed by atoms with E-state index in [2.05, 4.69) is 10.3 Å². The quantitative estimate of drug-likeness (QED) is 0.509. The number of nitrogens with two attached hydrogens (primary N) is 1. The Labute approximate surface area is 129 Å². The van der Waals surface area contributed by atoms with E-state index in [1.807, 2.05) is 18.2 Å². The second-order valence-electron chi connectivity index (χ2n) is 4.96. The molecule has 114 valence electrons. The average molecular weight is 299 g/mol. The molecule has 1 atom stereocenters. The molecule has 0 saturated carbocycles. The van der Waals surface area contributed by atoms with E-state index in [4.69, 9.17) is 15.8 Å². The van der Waals surface area contributed by atoms with Crippen LogP contribution >= 0.6 is 0 Å². The Bertz CT molecular complexity index is 605. The van der Waals surface area contributed by atoms with Crippen molar-refractivity contribution in [2.24, 2.45) is 5.73 Å². The number of pyridine rings is 1. The summed E-state index contributed by atoms with van der Waals surface area (Å²) >= 11 is 0. The number of carbonyl (C=O) groups excluding carboxylic acids is 1. The maximum Gasteiger partial charge on any atom is 0.488 e. The van der Waals surface area contributed by atoms with Crippen LogP contribution in [0.15, 0.2) is 48.7 Å². The van der Waals surface area contributed by atoms with E-state index >= 15 is 0 Å². The van der Waals surface area contributed by atoms with Gasteiger partial charge < -0.3 is 21.1 Å². The first-order valence-electron chi connectivity index (χ1n) is 6.94. The van der Waals surface area contributed by atoms with E-state index in [1.54, 1.807) is 30.5 Å². The van der Waals surface area contributed by atoms with Crippen molar-refractivity contribution < 1.29 is 14.8 Å². The Kier molecular flexibility index (Phi) is 5.65. The molecule has 2 rings (SSSR count). The second kappa shape index (κ2) is 7.70. The summed E-state index contributed by atoms with van der Waals surface area (Å²) in [5.74, 6) is -0.253. The zero-order valence-electron chi connectivity index (χ0n) is 12.0. The topological polar surface area (TPSA) is 108 Å². The van der Waals surface area contributed by atoms with Gasteiger partial charge in [0.1, 0.15) is 0 Å². The highest BCUT2D eigenvalue weighted by molar-refractivity contribution is 6.58. The normalized spacial score (nSPS) is 11.8. The lowest BCUT2D eigenvalue weighted by Gasteiger charge is -2.12. The lowest BCUT2D eigenvalue weighted by molar-refractivity contribution is -0.122. The maximum atomic E-state index is 12.0. The van der Waals surface area contributed by atoms with Crippen molar-refractivity contribution in [2.45, 2.75) is 19.0 Å². The smallest absolute Gasteiger partial charge is 0.423 e. The number of amides is 1. The summed E-state index contributed by atoms with van der Waals surface area (Å²) in [4.78, 5) is 16.1. The van der Waals surface area contributed by atoms with Crippen LogP contribution < -0.4 is 16.5 Å². The molecule has 0 bridgehead atoms. The van der Waals surface area contributed by atoms with Crippen molar-refractivity contribution >= 4 is 18.5 Å². The average Bonchev–Trinajstić information content (AvgIpc) is 2.54. The minimum absolute atomic E-state index is 0.253. The van der Waals surface area contributed by atoms with Gasteiger partial charge in [0.05, 0.1) is 18.3 Å². The third-order valence-electron chi connectivity index (χ3n) is 3.24. The molecule has 6 nitrogen and oxygen atoms in total. The lowest BCUT2D eigenvalue weighted by atomic mass is 9.80. The van der Waals surface area contributed by atoms with Gasteiger partial charge in [0.15, 0.2) is 0 Å². The molecule has 1 aromatic carbocycles. The monoisotopic (exact) mass is 299 g/mol. The minimum Gasteiger partial charge on any atom is -0.423 e. The first kappa shape index (κ1) is 16.2. The molecule has 0 aliphatic heterocycles. The molecule has 0 saturated heterocycles. The summed E-state index contributed by atoms with van der Waals surface area (Å²) in [7, 11) is -1.50. The van der Waals surface area contributed by atoms with Gasteiger partial charge in [0.2, 0.25) is 5.91 Å². The van der Waals surface area contributed by atoms with Crippen molar-refractivity contribution in [3.8, 4) is 0 Å². The molecule has 0 aliphatic carbocycles. The molecule has 0 fully saturated rings. The highest BCUT2D eigenvalue weighted by Crippen LogP contribution is 2.02. The van der Waals surface area contributed by atoms with Crippen LogP contribution in [-0.4, -0.2) is 34.1 Å². The van der Waals surface area contributed by atoms with Gasteiger partial charge in [-0.15, -0.1) is 0 Å². The fourth-order valence-corrected chi connectivity index (χ4v) is 1.98. The summed E-state index contributed by atoms with van der Waals surface area (Å²) in [6.45, 7) is 0.336. The van der Waals surface area contributed by atoms with Gasteiger partial charge in [-0.3, -0.25) is 9.78 Å². The number of hydrogen-bond acceptors (Lipinski definition) is 5. The van der Waals surface area contributed by atoms with Crippen LogP contribution in [0.1, 0.15) is 11.3 Å². The van der Waals surface area contributed by atoms with Gasteiger partial charge in [-0.25, -0.2) is 0 Å². The SMILES string of the molecule is N[C@@H](Cc1ccc(B(O)O)cc1)C(=O)NCc1ccccn1. The van der Waals surface area contributed by atoms with Crippen molar-refractivity contribution in [1.82, 2.24) is 10.3 Å². The Morgan fingerprint density at radius 3 is 2.55 bits per heavy atom. The molecule has 1 aromatic heterocycles. The van der Waals surface area contributed by atoms with E-state index in [0.717, 1.165) is 11.3 Å². The summed E-state index contributed by atoms with van der Waals surface area (Å²) in [6.07, 6.45) is 2.04. The zero-order valence-corrected chi connectivity index (χ0v) is 12.0. The Hall–Kier alpha value is -2.22. The number of aromatic nitrogens is 1. The molecule has 2 aromatic rings. The summed E-state index contributed by atoms with van der Waals surface area (Å²) in [6, 6.07) is 11.5. The molecular formula is C15H18BN3O3. The van der Waals surface area contributed by atoms with Gasteiger partial charge in [0, 0.05) is 6.20 Å².